The summed E-state index contributed by atoms with van der Waals surface area (Å²) in [5.74, 6) is -0.232. The molecule has 1 aliphatic carbocycles. The zero-order chi connectivity index (χ0) is 22.9. The van der Waals surface area contributed by atoms with Crippen LogP contribution in [0.5, 0.6) is 0 Å². The standard InChI is InChI=1S/C23H27FN6O2/c1-23(2)18(4-3-5-19(23)31)29-20-13(11-25)12-27-22(30-20)26-9-8-15-16-10-14(24)6-7-17(16)28-21(15)32/h6-7,10,12,15,18-19,31H,3-5,8-9H2,1-2H3,(H,28,32)(H2,26,27,29,30)/t15?,18-,19-/m0/s1. The number of nitriles is 1. The first-order valence-electron chi connectivity index (χ1n) is 10.9. The molecular formula is C23H27FN6O2. The van der Waals surface area contributed by atoms with E-state index in [0.717, 1.165) is 19.3 Å². The number of benzene rings is 1. The van der Waals surface area contributed by atoms with Crippen LogP contribution in [-0.2, 0) is 4.79 Å². The van der Waals surface area contributed by atoms with Crippen molar-refractivity contribution in [1.82, 2.24) is 9.97 Å². The summed E-state index contributed by atoms with van der Waals surface area (Å²) in [6.07, 6.45) is 3.99. The SMILES string of the molecule is CC1(C)[C@@H](Nc2nc(NCCC3C(=O)Nc4ccc(F)cc43)ncc2C#N)CCC[C@@H]1O. The summed E-state index contributed by atoms with van der Waals surface area (Å²) in [7, 11) is 0. The van der Waals surface area contributed by atoms with Gasteiger partial charge < -0.3 is 21.1 Å². The summed E-state index contributed by atoms with van der Waals surface area (Å²) in [4.78, 5) is 20.9. The van der Waals surface area contributed by atoms with Crippen molar-refractivity contribution in [1.29, 1.82) is 5.26 Å². The molecule has 1 aromatic carbocycles. The first-order valence-corrected chi connectivity index (χ1v) is 10.9. The quantitative estimate of drug-likeness (QED) is 0.545. The molecule has 0 saturated heterocycles. The fourth-order valence-electron chi connectivity index (χ4n) is 4.49. The van der Waals surface area contributed by atoms with Crippen LogP contribution in [0, 0.1) is 22.6 Å². The van der Waals surface area contributed by atoms with E-state index in [4.69, 9.17) is 0 Å². The molecule has 168 valence electrons. The van der Waals surface area contributed by atoms with Crippen molar-refractivity contribution in [3.05, 3.63) is 41.3 Å². The highest BCUT2D eigenvalue weighted by atomic mass is 19.1. The smallest absolute Gasteiger partial charge is 0.232 e. The van der Waals surface area contributed by atoms with Gasteiger partial charge in [-0.25, -0.2) is 9.37 Å². The number of rotatable bonds is 6. The van der Waals surface area contributed by atoms with Crippen LogP contribution >= 0.6 is 0 Å². The number of carbonyl (C=O) groups is 1. The number of anilines is 3. The topological polar surface area (TPSA) is 123 Å². The van der Waals surface area contributed by atoms with E-state index in [2.05, 4.69) is 32.0 Å². The Bertz CT molecular complexity index is 1070. The molecule has 2 aliphatic rings. The number of carbonyl (C=O) groups excluding carboxylic acids is 1. The summed E-state index contributed by atoms with van der Waals surface area (Å²) < 4.78 is 13.6. The van der Waals surface area contributed by atoms with Crippen molar-refractivity contribution in [2.24, 2.45) is 5.41 Å². The normalized spacial score (nSPS) is 23.7. The Labute approximate surface area is 186 Å². The van der Waals surface area contributed by atoms with E-state index in [-0.39, 0.29) is 23.2 Å². The van der Waals surface area contributed by atoms with Crippen molar-refractivity contribution in [3.63, 3.8) is 0 Å². The zero-order valence-electron chi connectivity index (χ0n) is 18.2. The molecule has 0 radical (unpaired) electrons. The minimum Gasteiger partial charge on any atom is -0.392 e. The maximum absolute atomic E-state index is 13.6. The average molecular weight is 439 g/mol. The minimum atomic E-state index is -0.450. The maximum atomic E-state index is 13.6. The number of nitrogens with one attached hydrogen (secondary N) is 3. The molecule has 0 spiro atoms. The number of hydrogen-bond acceptors (Lipinski definition) is 7. The van der Waals surface area contributed by atoms with E-state index in [1.54, 1.807) is 6.07 Å². The van der Waals surface area contributed by atoms with Gasteiger partial charge in [-0.1, -0.05) is 13.8 Å². The van der Waals surface area contributed by atoms with Crippen LogP contribution in [0.25, 0.3) is 0 Å². The van der Waals surface area contributed by atoms with Gasteiger partial charge in [-0.15, -0.1) is 0 Å². The van der Waals surface area contributed by atoms with E-state index in [0.29, 0.717) is 41.5 Å². The van der Waals surface area contributed by atoms with Crippen molar-refractivity contribution >= 4 is 23.4 Å². The molecule has 0 bridgehead atoms. The largest absolute Gasteiger partial charge is 0.392 e. The van der Waals surface area contributed by atoms with Crippen molar-refractivity contribution < 1.29 is 14.3 Å². The highest BCUT2D eigenvalue weighted by Gasteiger charge is 2.40. The van der Waals surface area contributed by atoms with Gasteiger partial charge in [0.25, 0.3) is 0 Å². The first kappa shape index (κ1) is 22.0. The van der Waals surface area contributed by atoms with E-state index in [1.807, 2.05) is 13.8 Å². The second-order valence-electron chi connectivity index (χ2n) is 9.02. The predicted molar refractivity (Wildman–Crippen MR) is 119 cm³/mol. The number of aliphatic hydroxyl groups is 1. The van der Waals surface area contributed by atoms with Crippen LogP contribution < -0.4 is 16.0 Å². The number of fused-ring (bicyclic) bond motifs is 1. The molecule has 9 heteroatoms. The van der Waals surface area contributed by atoms with Gasteiger partial charge in [0.1, 0.15) is 23.3 Å². The highest BCUT2D eigenvalue weighted by molar-refractivity contribution is 6.02. The maximum Gasteiger partial charge on any atom is 0.232 e. The Hall–Kier alpha value is -3.25. The molecule has 4 N–H and O–H groups in total. The third-order valence-electron chi connectivity index (χ3n) is 6.63. The molecule has 2 aromatic rings. The number of aromatic nitrogens is 2. The molecule has 4 rings (SSSR count). The predicted octanol–water partition coefficient (Wildman–Crippen LogP) is 3.38. The van der Waals surface area contributed by atoms with Gasteiger partial charge in [0.05, 0.1) is 18.2 Å². The number of hydrogen-bond donors (Lipinski definition) is 4. The minimum absolute atomic E-state index is 0.0327. The zero-order valence-corrected chi connectivity index (χ0v) is 18.2. The fraction of sp³-hybridized carbons (Fsp3) is 0.478. The lowest BCUT2D eigenvalue weighted by molar-refractivity contribution is -0.117. The Kier molecular flexibility index (Phi) is 5.98. The van der Waals surface area contributed by atoms with Crippen LogP contribution in [-0.4, -0.2) is 39.7 Å². The molecule has 1 amide bonds. The van der Waals surface area contributed by atoms with Gasteiger partial charge in [-0.2, -0.15) is 10.2 Å². The molecule has 2 heterocycles. The van der Waals surface area contributed by atoms with Gasteiger partial charge in [-0.05, 0) is 49.4 Å². The molecule has 1 aliphatic heterocycles. The van der Waals surface area contributed by atoms with Crippen molar-refractivity contribution in [2.45, 2.75) is 57.6 Å². The third kappa shape index (κ3) is 4.23. The van der Waals surface area contributed by atoms with Gasteiger partial charge >= 0.3 is 0 Å². The lowest BCUT2D eigenvalue weighted by Gasteiger charge is -2.43. The van der Waals surface area contributed by atoms with E-state index < -0.39 is 12.0 Å². The van der Waals surface area contributed by atoms with Crippen LogP contribution in [0.3, 0.4) is 0 Å². The Morgan fingerprint density at radius 3 is 2.97 bits per heavy atom. The number of aliphatic hydroxyl groups excluding tert-OH is 1. The van der Waals surface area contributed by atoms with Crippen LogP contribution in [0.1, 0.15) is 56.6 Å². The summed E-state index contributed by atoms with van der Waals surface area (Å²) in [5, 5.41) is 29.1. The van der Waals surface area contributed by atoms with Crippen LogP contribution in [0.2, 0.25) is 0 Å². The Morgan fingerprint density at radius 1 is 1.38 bits per heavy atom. The summed E-state index contributed by atoms with van der Waals surface area (Å²) >= 11 is 0. The van der Waals surface area contributed by atoms with Crippen LogP contribution in [0.15, 0.2) is 24.4 Å². The third-order valence-corrected chi connectivity index (χ3v) is 6.63. The molecular weight excluding hydrogens is 411 g/mol. The summed E-state index contributed by atoms with van der Waals surface area (Å²) in [5.41, 5.74) is 1.26. The number of amides is 1. The van der Waals surface area contributed by atoms with Gasteiger partial charge in [0.15, 0.2) is 0 Å². The molecule has 3 atom stereocenters. The average Bonchev–Trinajstić information content (AvgIpc) is 3.06. The van der Waals surface area contributed by atoms with Crippen molar-refractivity contribution in [2.75, 3.05) is 22.5 Å². The van der Waals surface area contributed by atoms with Gasteiger partial charge in [-0.3, -0.25) is 4.79 Å². The lowest BCUT2D eigenvalue weighted by atomic mass is 9.71. The van der Waals surface area contributed by atoms with Gasteiger partial charge in [0, 0.05) is 23.7 Å². The van der Waals surface area contributed by atoms with E-state index in [1.165, 1.54) is 18.3 Å². The summed E-state index contributed by atoms with van der Waals surface area (Å²) in [6.45, 7) is 4.41. The molecule has 1 unspecified atom stereocenters. The van der Waals surface area contributed by atoms with Crippen LogP contribution in [0.4, 0.5) is 21.8 Å². The first-order chi connectivity index (χ1) is 15.3. The second kappa shape index (κ2) is 8.71. The van der Waals surface area contributed by atoms with E-state index >= 15 is 0 Å². The van der Waals surface area contributed by atoms with Crippen molar-refractivity contribution in [3.8, 4) is 6.07 Å². The lowest BCUT2D eigenvalue weighted by Crippen LogP contribution is -2.48. The Morgan fingerprint density at radius 2 is 2.19 bits per heavy atom. The Balaban J connectivity index is 1.44. The molecule has 1 aromatic heterocycles. The van der Waals surface area contributed by atoms with E-state index in [9.17, 15) is 19.6 Å². The number of nitrogens with zero attached hydrogens (tertiary/aromatic N) is 3. The fourth-order valence-corrected chi connectivity index (χ4v) is 4.49. The summed E-state index contributed by atoms with van der Waals surface area (Å²) in [6, 6.07) is 6.36. The number of halogens is 1. The van der Waals surface area contributed by atoms with Gasteiger partial charge in [0.2, 0.25) is 11.9 Å². The highest BCUT2D eigenvalue weighted by Crippen LogP contribution is 2.38. The molecule has 8 nitrogen and oxygen atoms in total. The molecule has 1 fully saturated rings. The molecule has 1 saturated carbocycles. The monoisotopic (exact) mass is 438 g/mol. The molecule has 32 heavy (non-hydrogen) atoms. The second-order valence-corrected chi connectivity index (χ2v) is 9.02.